The van der Waals surface area contributed by atoms with Gasteiger partial charge in [-0.3, -0.25) is 4.79 Å². The molecule has 1 amide bonds. The fourth-order valence-electron chi connectivity index (χ4n) is 1.56. The molecule has 3 heteroatoms. The molecule has 0 spiro atoms. The van der Waals surface area contributed by atoms with E-state index in [1.165, 1.54) is 37.9 Å². The van der Waals surface area contributed by atoms with Gasteiger partial charge in [0, 0.05) is 6.04 Å². The van der Waals surface area contributed by atoms with Crippen LogP contribution in [-0.4, -0.2) is 23.0 Å². The van der Waals surface area contributed by atoms with Crippen LogP contribution in [0.3, 0.4) is 0 Å². The molecule has 0 bridgehead atoms. The van der Waals surface area contributed by atoms with E-state index in [-0.39, 0.29) is 11.2 Å². The van der Waals surface area contributed by atoms with E-state index < -0.39 is 0 Å². The largest absolute Gasteiger partial charge is 0.352 e. The minimum atomic E-state index is 0.149. The molecule has 2 aliphatic carbocycles. The van der Waals surface area contributed by atoms with Crippen molar-refractivity contribution in [3.05, 3.63) is 0 Å². The van der Waals surface area contributed by atoms with E-state index in [0.717, 1.165) is 5.92 Å². The fraction of sp³-hybridized carbons (Fsp3) is 0.909. The quantitative estimate of drug-likeness (QED) is 0.758. The maximum atomic E-state index is 11.6. The molecule has 14 heavy (non-hydrogen) atoms. The van der Waals surface area contributed by atoms with E-state index in [9.17, 15) is 4.79 Å². The van der Waals surface area contributed by atoms with Crippen LogP contribution in [-0.2, 0) is 4.79 Å². The third-order valence-corrected chi connectivity index (χ3v) is 4.48. The van der Waals surface area contributed by atoms with E-state index in [0.29, 0.717) is 6.04 Å². The molecular weight excluding hydrogens is 194 g/mol. The highest BCUT2D eigenvalue weighted by Crippen LogP contribution is 2.31. The first-order valence-electron chi connectivity index (χ1n) is 5.67. The molecule has 1 atom stereocenters. The molecule has 0 saturated heterocycles. The van der Waals surface area contributed by atoms with Crippen LogP contribution in [0.1, 0.15) is 39.0 Å². The Balaban J connectivity index is 1.60. The van der Waals surface area contributed by atoms with Crippen LogP contribution in [0, 0.1) is 5.92 Å². The molecule has 0 heterocycles. The fourth-order valence-corrected chi connectivity index (χ4v) is 2.68. The van der Waals surface area contributed by atoms with Gasteiger partial charge in [-0.05, 0) is 44.3 Å². The lowest BCUT2D eigenvalue weighted by Crippen LogP contribution is -2.33. The summed E-state index contributed by atoms with van der Waals surface area (Å²) < 4.78 is 0. The smallest absolute Gasteiger partial charge is 0.233 e. The predicted octanol–water partition coefficient (Wildman–Crippen LogP) is 2.19. The second-order valence-corrected chi connectivity index (χ2v) is 5.93. The first-order valence-corrected chi connectivity index (χ1v) is 6.72. The van der Waals surface area contributed by atoms with Gasteiger partial charge in [0.25, 0.3) is 0 Å². The Morgan fingerprint density at radius 2 is 2.14 bits per heavy atom. The van der Waals surface area contributed by atoms with Gasteiger partial charge in [-0.1, -0.05) is 6.42 Å². The zero-order chi connectivity index (χ0) is 9.97. The number of hydrogen-bond donors (Lipinski definition) is 1. The summed E-state index contributed by atoms with van der Waals surface area (Å²) in [5.41, 5.74) is 0. The van der Waals surface area contributed by atoms with Crippen molar-refractivity contribution in [3.63, 3.8) is 0 Å². The van der Waals surface area contributed by atoms with Gasteiger partial charge in [-0.15, -0.1) is 11.8 Å². The standard InChI is InChI=1S/C11H19NOS/c1-8(11(13)12-10-5-6-10)14-7-9-3-2-4-9/h8-10H,2-7H2,1H3,(H,12,13)/t8-/m0/s1. The first kappa shape index (κ1) is 10.3. The number of carbonyl (C=O) groups excluding carboxylic acids is 1. The molecule has 80 valence electrons. The summed E-state index contributed by atoms with van der Waals surface area (Å²) in [6.45, 7) is 2.03. The molecule has 2 fully saturated rings. The number of hydrogen-bond acceptors (Lipinski definition) is 2. The molecule has 1 N–H and O–H groups in total. The Hall–Kier alpha value is -0.180. The molecule has 2 nitrogen and oxygen atoms in total. The van der Waals surface area contributed by atoms with Crippen LogP contribution in [0.4, 0.5) is 0 Å². The molecule has 0 aromatic rings. The number of nitrogens with one attached hydrogen (secondary N) is 1. The van der Waals surface area contributed by atoms with Crippen LogP contribution in [0.2, 0.25) is 0 Å². The third-order valence-electron chi connectivity index (χ3n) is 3.10. The van der Waals surface area contributed by atoms with Gasteiger partial charge >= 0.3 is 0 Å². The van der Waals surface area contributed by atoms with Crippen LogP contribution in [0.25, 0.3) is 0 Å². The van der Waals surface area contributed by atoms with Crippen molar-refractivity contribution in [2.45, 2.75) is 50.3 Å². The van der Waals surface area contributed by atoms with Crippen molar-refractivity contribution >= 4 is 17.7 Å². The molecule has 2 aliphatic rings. The van der Waals surface area contributed by atoms with Crippen molar-refractivity contribution in [2.75, 3.05) is 5.75 Å². The van der Waals surface area contributed by atoms with Crippen LogP contribution < -0.4 is 5.32 Å². The summed E-state index contributed by atoms with van der Waals surface area (Å²) in [5, 5.41) is 3.20. The Kier molecular flexibility index (Phi) is 3.37. The van der Waals surface area contributed by atoms with Gasteiger partial charge in [-0.2, -0.15) is 0 Å². The Bertz CT molecular complexity index is 211. The molecule has 2 saturated carbocycles. The minimum Gasteiger partial charge on any atom is -0.352 e. The van der Waals surface area contributed by atoms with E-state index in [4.69, 9.17) is 0 Å². The minimum absolute atomic E-state index is 0.149. The lowest BCUT2D eigenvalue weighted by molar-refractivity contribution is -0.120. The highest BCUT2D eigenvalue weighted by Gasteiger charge is 2.26. The summed E-state index contributed by atoms with van der Waals surface area (Å²) in [4.78, 5) is 11.6. The van der Waals surface area contributed by atoms with E-state index >= 15 is 0 Å². The summed E-state index contributed by atoms with van der Waals surface area (Å²) in [5.74, 6) is 2.33. The second-order valence-electron chi connectivity index (χ2n) is 4.56. The van der Waals surface area contributed by atoms with E-state index in [1.54, 1.807) is 0 Å². The number of rotatable bonds is 5. The van der Waals surface area contributed by atoms with Crippen molar-refractivity contribution in [3.8, 4) is 0 Å². The van der Waals surface area contributed by atoms with Gasteiger partial charge in [0.1, 0.15) is 0 Å². The maximum Gasteiger partial charge on any atom is 0.233 e. The highest BCUT2D eigenvalue weighted by atomic mass is 32.2. The molecule has 0 aromatic carbocycles. The summed E-state index contributed by atoms with van der Waals surface area (Å²) in [7, 11) is 0. The molecule has 0 aliphatic heterocycles. The van der Waals surface area contributed by atoms with Crippen molar-refractivity contribution in [1.82, 2.24) is 5.32 Å². The summed E-state index contributed by atoms with van der Waals surface area (Å²) in [6.07, 6.45) is 6.53. The van der Waals surface area contributed by atoms with Gasteiger partial charge in [0.2, 0.25) is 5.91 Å². The Morgan fingerprint density at radius 1 is 1.43 bits per heavy atom. The van der Waals surface area contributed by atoms with Crippen LogP contribution in [0.5, 0.6) is 0 Å². The number of amides is 1. The third kappa shape index (κ3) is 2.91. The van der Waals surface area contributed by atoms with Crippen LogP contribution in [0.15, 0.2) is 0 Å². The maximum absolute atomic E-state index is 11.6. The normalized spacial score (nSPS) is 24.1. The van der Waals surface area contributed by atoms with E-state index in [1.807, 2.05) is 18.7 Å². The highest BCUT2D eigenvalue weighted by molar-refractivity contribution is 8.00. The monoisotopic (exact) mass is 213 g/mol. The second kappa shape index (κ2) is 4.56. The van der Waals surface area contributed by atoms with Gasteiger partial charge < -0.3 is 5.32 Å². The predicted molar refractivity (Wildman–Crippen MR) is 60.4 cm³/mol. The van der Waals surface area contributed by atoms with Crippen LogP contribution >= 0.6 is 11.8 Å². The summed E-state index contributed by atoms with van der Waals surface area (Å²) in [6, 6.07) is 0.509. The zero-order valence-electron chi connectivity index (χ0n) is 8.79. The molecule has 2 rings (SSSR count). The van der Waals surface area contributed by atoms with Gasteiger partial charge in [0.05, 0.1) is 5.25 Å². The van der Waals surface area contributed by atoms with Gasteiger partial charge in [0.15, 0.2) is 0 Å². The first-order chi connectivity index (χ1) is 6.75. The molecule has 0 unspecified atom stereocenters. The van der Waals surface area contributed by atoms with Crippen molar-refractivity contribution in [2.24, 2.45) is 5.92 Å². The van der Waals surface area contributed by atoms with Crippen molar-refractivity contribution in [1.29, 1.82) is 0 Å². The topological polar surface area (TPSA) is 29.1 Å². The summed E-state index contributed by atoms with van der Waals surface area (Å²) >= 11 is 1.83. The molecule has 0 aromatic heterocycles. The number of thioether (sulfide) groups is 1. The SMILES string of the molecule is C[C@H](SCC1CCC1)C(=O)NC1CC1. The lowest BCUT2D eigenvalue weighted by Gasteiger charge is -2.25. The zero-order valence-corrected chi connectivity index (χ0v) is 9.61. The Morgan fingerprint density at radius 3 is 2.64 bits per heavy atom. The average molecular weight is 213 g/mol. The van der Waals surface area contributed by atoms with Gasteiger partial charge in [-0.25, -0.2) is 0 Å². The number of carbonyl (C=O) groups is 1. The van der Waals surface area contributed by atoms with Crippen molar-refractivity contribution < 1.29 is 4.79 Å². The lowest BCUT2D eigenvalue weighted by atomic mass is 9.87. The van der Waals surface area contributed by atoms with E-state index in [2.05, 4.69) is 5.32 Å². The Labute approximate surface area is 90.2 Å². The molecule has 0 radical (unpaired) electrons. The molecular formula is C11H19NOS. The average Bonchev–Trinajstić information content (AvgIpc) is 2.85.